The van der Waals surface area contributed by atoms with Crippen LogP contribution in [0.2, 0.25) is 0 Å². The molecule has 4 rings (SSSR count). The van der Waals surface area contributed by atoms with Crippen LogP contribution >= 0.6 is 0 Å². The number of carbonyl (C=O) groups excluding carboxylic acids is 2. The van der Waals surface area contributed by atoms with Crippen molar-refractivity contribution in [2.75, 3.05) is 18.5 Å². The maximum atomic E-state index is 14.6. The maximum Gasteiger partial charge on any atom is 0.254 e. The van der Waals surface area contributed by atoms with Crippen LogP contribution in [0.4, 0.5) is 10.1 Å². The van der Waals surface area contributed by atoms with Crippen LogP contribution in [-0.4, -0.2) is 50.6 Å². The molecule has 0 spiro atoms. The van der Waals surface area contributed by atoms with E-state index in [0.29, 0.717) is 46.8 Å². The molecular formula is C24H27FN4O3. The summed E-state index contributed by atoms with van der Waals surface area (Å²) in [5.41, 5.74) is 2.31. The lowest BCUT2D eigenvalue weighted by molar-refractivity contribution is -0.114. The number of halogens is 1. The molecule has 2 N–H and O–H groups in total. The van der Waals surface area contributed by atoms with Crippen molar-refractivity contribution < 1.29 is 19.1 Å². The molecule has 1 aromatic heterocycles. The van der Waals surface area contributed by atoms with Gasteiger partial charge in [-0.3, -0.25) is 9.59 Å². The minimum atomic E-state index is -0.394. The Hall–Kier alpha value is -3.26. The highest BCUT2D eigenvalue weighted by molar-refractivity contribution is 6.05. The predicted molar refractivity (Wildman–Crippen MR) is 121 cm³/mol. The first kappa shape index (κ1) is 22.0. The third kappa shape index (κ3) is 3.98. The van der Waals surface area contributed by atoms with E-state index < -0.39 is 5.82 Å². The Morgan fingerprint density at radius 1 is 1.25 bits per heavy atom. The van der Waals surface area contributed by atoms with Gasteiger partial charge in [0.2, 0.25) is 5.91 Å². The highest BCUT2D eigenvalue weighted by Crippen LogP contribution is 2.33. The van der Waals surface area contributed by atoms with Gasteiger partial charge in [0.25, 0.3) is 5.91 Å². The zero-order valence-electron chi connectivity index (χ0n) is 18.3. The van der Waals surface area contributed by atoms with Gasteiger partial charge in [0.1, 0.15) is 11.6 Å². The van der Waals surface area contributed by atoms with Crippen molar-refractivity contribution in [1.29, 1.82) is 0 Å². The van der Waals surface area contributed by atoms with Gasteiger partial charge in [0, 0.05) is 25.6 Å². The molecule has 0 aliphatic carbocycles. The second kappa shape index (κ2) is 9.08. The lowest BCUT2D eigenvalue weighted by Crippen LogP contribution is -2.45. The van der Waals surface area contributed by atoms with Crippen molar-refractivity contribution in [3.63, 3.8) is 0 Å². The number of anilines is 1. The number of aromatic nitrogens is 2. The molecule has 2 amide bonds. The topological polar surface area (TPSA) is 87.5 Å². The number of hydrogen-bond donors (Lipinski definition) is 2. The Kier molecular flexibility index (Phi) is 6.23. The monoisotopic (exact) mass is 438 g/mol. The fourth-order valence-corrected chi connectivity index (χ4v) is 4.46. The van der Waals surface area contributed by atoms with Crippen molar-refractivity contribution in [2.24, 2.45) is 0 Å². The van der Waals surface area contributed by atoms with Crippen LogP contribution < -0.4 is 5.32 Å². The summed E-state index contributed by atoms with van der Waals surface area (Å²) in [4.78, 5) is 31.6. The lowest BCUT2D eigenvalue weighted by atomic mass is 10.0. The molecule has 168 valence electrons. The summed E-state index contributed by atoms with van der Waals surface area (Å²) in [5.74, 6) is -0.453. The zero-order valence-corrected chi connectivity index (χ0v) is 18.3. The van der Waals surface area contributed by atoms with Gasteiger partial charge in [-0.1, -0.05) is 12.1 Å². The third-order valence-corrected chi connectivity index (χ3v) is 5.93. The molecule has 2 heterocycles. The van der Waals surface area contributed by atoms with Crippen LogP contribution in [0.15, 0.2) is 36.4 Å². The molecule has 2 aromatic carbocycles. The van der Waals surface area contributed by atoms with Gasteiger partial charge < -0.3 is 19.9 Å². The molecule has 0 bridgehead atoms. The Bertz CT molecular complexity index is 1170. The molecule has 1 aliphatic rings. The van der Waals surface area contributed by atoms with E-state index in [4.69, 9.17) is 0 Å². The molecule has 1 aliphatic heterocycles. The number of imidazole rings is 1. The number of fused-ring (bicyclic) bond motifs is 1. The first-order chi connectivity index (χ1) is 15.4. The van der Waals surface area contributed by atoms with E-state index in [1.807, 2.05) is 11.5 Å². The fraction of sp³-hybridized carbons (Fsp3) is 0.375. The Balaban J connectivity index is 1.89. The summed E-state index contributed by atoms with van der Waals surface area (Å²) in [6.07, 6.45) is 2.61. The normalized spacial score (nSPS) is 16.4. The van der Waals surface area contributed by atoms with Gasteiger partial charge in [0.05, 0.1) is 34.9 Å². The standard InChI is InChI=1S/C24H27FN4O3/c1-3-28-22-20(26-15(2)31)12-16(24(32)29-11-7-6-8-17(29)14-30)13-21(22)27-23(28)18-9-4-5-10-19(18)25/h4-5,9-10,12-13,17,30H,3,6-8,11,14H2,1-2H3,(H,26,31). The minimum absolute atomic E-state index is 0.0889. The van der Waals surface area contributed by atoms with Crippen molar-refractivity contribution >= 4 is 28.5 Å². The summed E-state index contributed by atoms with van der Waals surface area (Å²) >= 11 is 0. The van der Waals surface area contributed by atoms with Crippen molar-refractivity contribution in [1.82, 2.24) is 14.5 Å². The van der Waals surface area contributed by atoms with Crippen molar-refractivity contribution in [3.8, 4) is 11.4 Å². The average Bonchev–Trinajstić information content (AvgIpc) is 3.17. The van der Waals surface area contributed by atoms with Gasteiger partial charge in [-0.25, -0.2) is 9.37 Å². The van der Waals surface area contributed by atoms with Crippen LogP contribution in [0, 0.1) is 5.82 Å². The molecule has 8 heteroatoms. The first-order valence-corrected chi connectivity index (χ1v) is 10.9. The molecule has 0 radical (unpaired) electrons. The summed E-state index contributed by atoms with van der Waals surface area (Å²) in [6, 6.07) is 9.51. The van der Waals surface area contributed by atoms with Gasteiger partial charge in [-0.2, -0.15) is 0 Å². The number of nitrogens with zero attached hydrogens (tertiary/aromatic N) is 3. The molecule has 3 aromatic rings. The number of benzene rings is 2. The van der Waals surface area contributed by atoms with Crippen LogP contribution in [0.3, 0.4) is 0 Å². The van der Waals surface area contributed by atoms with Crippen molar-refractivity contribution in [3.05, 3.63) is 47.8 Å². The Morgan fingerprint density at radius 2 is 2.03 bits per heavy atom. The summed E-state index contributed by atoms with van der Waals surface area (Å²) in [7, 11) is 0. The quantitative estimate of drug-likeness (QED) is 0.634. The van der Waals surface area contributed by atoms with Gasteiger partial charge in [0.15, 0.2) is 0 Å². The summed E-state index contributed by atoms with van der Waals surface area (Å²) < 4.78 is 16.4. The molecule has 1 saturated heterocycles. The number of hydrogen-bond acceptors (Lipinski definition) is 4. The number of rotatable bonds is 5. The van der Waals surface area contributed by atoms with Crippen LogP contribution in [-0.2, 0) is 11.3 Å². The number of aliphatic hydroxyl groups excluding tert-OH is 1. The average molecular weight is 439 g/mol. The largest absolute Gasteiger partial charge is 0.394 e. The van der Waals surface area contributed by atoms with Crippen LogP contribution in [0.1, 0.15) is 43.5 Å². The maximum absolute atomic E-state index is 14.6. The number of carbonyl (C=O) groups is 2. The highest BCUT2D eigenvalue weighted by atomic mass is 19.1. The Morgan fingerprint density at radius 3 is 2.72 bits per heavy atom. The molecule has 1 fully saturated rings. The smallest absolute Gasteiger partial charge is 0.254 e. The second-order valence-corrected chi connectivity index (χ2v) is 8.06. The molecule has 7 nitrogen and oxygen atoms in total. The van der Waals surface area contributed by atoms with Crippen LogP contribution in [0.25, 0.3) is 22.4 Å². The number of nitrogens with one attached hydrogen (secondary N) is 1. The van der Waals surface area contributed by atoms with E-state index in [9.17, 15) is 19.1 Å². The molecule has 1 unspecified atom stereocenters. The summed E-state index contributed by atoms with van der Waals surface area (Å²) in [5, 5.41) is 12.5. The van der Waals surface area contributed by atoms with E-state index >= 15 is 0 Å². The van der Waals surface area contributed by atoms with Gasteiger partial charge in [-0.15, -0.1) is 0 Å². The first-order valence-electron chi connectivity index (χ1n) is 10.9. The van der Waals surface area contributed by atoms with E-state index in [2.05, 4.69) is 10.3 Å². The van der Waals surface area contributed by atoms with E-state index in [-0.39, 0.29) is 24.5 Å². The number of likely N-dealkylation sites (tertiary alicyclic amines) is 1. The molecule has 0 saturated carbocycles. The van der Waals surface area contributed by atoms with E-state index in [1.165, 1.54) is 13.0 Å². The fourth-order valence-electron chi connectivity index (χ4n) is 4.46. The third-order valence-electron chi connectivity index (χ3n) is 5.93. The minimum Gasteiger partial charge on any atom is -0.394 e. The number of amides is 2. The van der Waals surface area contributed by atoms with Crippen molar-refractivity contribution in [2.45, 2.75) is 45.7 Å². The second-order valence-electron chi connectivity index (χ2n) is 8.06. The lowest BCUT2D eigenvalue weighted by Gasteiger charge is -2.34. The zero-order chi connectivity index (χ0) is 22.8. The molecular weight excluding hydrogens is 411 g/mol. The molecule has 1 atom stereocenters. The number of aliphatic hydroxyl groups is 1. The van der Waals surface area contributed by atoms with E-state index in [1.54, 1.807) is 35.2 Å². The predicted octanol–water partition coefficient (Wildman–Crippen LogP) is 3.81. The van der Waals surface area contributed by atoms with Gasteiger partial charge >= 0.3 is 0 Å². The van der Waals surface area contributed by atoms with E-state index in [0.717, 1.165) is 19.3 Å². The SMILES string of the molecule is CCn1c(-c2ccccc2F)nc2cc(C(=O)N3CCCCC3CO)cc(NC(C)=O)c21. The highest BCUT2D eigenvalue weighted by Gasteiger charge is 2.28. The number of aryl methyl sites for hydroxylation is 1. The molecule has 32 heavy (non-hydrogen) atoms. The Labute approximate surface area is 185 Å². The summed E-state index contributed by atoms with van der Waals surface area (Å²) in [6.45, 7) is 4.30. The van der Waals surface area contributed by atoms with Crippen LogP contribution in [0.5, 0.6) is 0 Å². The van der Waals surface area contributed by atoms with Gasteiger partial charge in [-0.05, 0) is 50.5 Å². The number of piperidine rings is 1.